The number of nitrogens with zero attached hydrogens (tertiary/aromatic N) is 2. The van der Waals surface area contributed by atoms with Gasteiger partial charge >= 0.3 is 0 Å². The van der Waals surface area contributed by atoms with Crippen LogP contribution in [0.5, 0.6) is 0 Å². The summed E-state index contributed by atoms with van der Waals surface area (Å²) in [4.78, 5) is 10.9. The Morgan fingerprint density at radius 1 is 0.421 bits per heavy atom. The van der Waals surface area contributed by atoms with Crippen LogP contribution in [0.1, 0.15) is 36.5 Å². The molecule has 0 fully saturated rings. The molecule has 0 amide bonds. The minimum atomic E-state index is 0.686. The zero-order valence-corrected chi connectivity index (χ0v) is 31.4. The van der Waals surface area contributed by atoms with Crippen LogP contribution >= 0.6 is 0 Å². The van der Waals surface area contributed by atoms with Crippen LogP contribution in [0.3, 0.4) is 0 Å². The van der Waals surface area contributed by atoms with Crippen molar-refractivity contribution in [1.29, 1.82) is 0 Å². The van der Waals surface area contributed by atoms with Crippen molar-refractivity contribution < 1.29 is 8.83 Å². The average molecular weight is 733 g/mol. The molecule has 270 valence electrons. The lowest BCUT2D eigenvalue weighted by atomic mass is 9.90. The number of aliphatic imine (C=N–C) groups is 2. The maximum Gasteiger partial charge on any atom is 0.160 e. The lowest BCUT2D eigenvalue weighted by molar-refractivity contribution is 0.668. The molecule has 0 atom stereocenters. The molecule has 1 aliphatic rings. The smallest absolute Gasteiger partial charge is 0.160 e. The molecule has 10 aromatic rings. The van der Waals surface area contributed by atoms with Gasteiger partial charge in [-0.25, -0.2) is 9.98 Å². The molecule has 3 heterocycles. The van der Waals surface area contributed by atoms with Crippen molar-refractivity contribution in [1.82, 2.24) is 0 Å². The molecule has 4 nitrogen and oxygen atoms in total. The summed E-state index contributed by atoms with van der Waals surface area (Å²) >= 11 is 0. The van der Waals surface area contributed by atoms with E-state index in [4.69, 9.17) is 18.8 Å². The summed E-state index contributed by atoms with van der Waals surface area (Å²) in [7, 11) is 0. The molecule has 2 aromatic heterocycles. The standard InChI is InChI=1S/C53H36N2O2/c1-33-25-30-46(54-53(35-14-3-2-4-15-35)55-51(33)38-28-29-43-42-19-9-10-23-47(42)56-49(43)32-38)41-18-8-7-17-40(41)44-21-12-24-48-50(44)45-22-11-20-39(52(45)57-48)37-27-26-34-13-5-6-16-36(34)31-37/h2-24,26-29,31-32H,25,30H2,1H3/b51-33+,54-46+,55-53-. The quantitative estimate of drug-likeness (QED) is 0.177. The number of hydrogen-bond donors (Lipinski definition) is 0. The molecule has 0 N–H and O–H groups in total. The van der Waals surface area contributed by atoms with E-state index in [1.54, 1.807) is 0 Å². The summed E-state index contributed by atoms with van der Waals surface area (Å²) in [6.07, 6.45) is 1.56. The highest BCUT2D eigenvalue weighted by molar-refractivity contribution is 6.20. The molecule has 57 heavy (non-hydrogen) atoms. The third-order valence-electron chi connectivity index (χ3n) is 11.4. The van der Waals surface area contributed by atoms with Gasteiger partial charge in [0.05, 0.1) is 11.4 Å². The van der Waals surface area contributed by atoms with Crippen molar-refractivity contribution in [2.24, 2.45) is 9.98 Å². The van der Waals surface area contributed by atoms with E-state index in [1.807, 2.05) is 30.3 Å². The Morgan fingerprint density at radius 3 is 2.02 bits per heavy atom. The number of amidine groups is 1. The van der Waals surface area contributed by atoms with Crippen LogP contribution in [-0.4, -0.2) is 11.5 Å². The first-order chi connectivity index (χ1) is 28.2. The molecule has 0 unspecified atom stereocenters. The molecule has 8 aromatic carbocycles. The highest BCUT2D eigenvalue weighted by atomic mass is 16.3. The first-order valence-electron chi connectivity index (χ1n) is 19.5. The fraction of sp³-hybridized carbons (Fsp3) is 0.0566. The Kier molecular flexibility index (Phi) is 7.82. The molecular formula is C53H36N2O2. The van der Waals surface area contributed by atoms with E-state index in [9.17, 15) is 0 Å². The summed E-state index contributed by atoms with van der Waals surface area (Å²) in [5.41, 5.74) is 14.2. The van der Waals surface area contributed by atoms with Gasteiger partial charge in [0.15, 0.2) is 5.84 Å². The van der Waals surface area contributed by atoms with E-state index in [0.29, 0.717) is 5.84 Å². The van der Waals surface area contributed by atoms with Gasteiger partial charge in [0, 0.05) is 43.8 Å². The van der Waals surface area contributed by atoms with Crippen molar-refractivity contribution in [3.63, 3.8) is 0 Å². The van der Waals surface area contributed by atoms with E-state index in [0.717, 1.165) is 107 Å². The van der Waals surface area contributed by atoms with Crippen LogP contribution in [0.2, 0.25) is 0 Å². The molecule has 0 aliphatic carbocycles. The summed E-state index contributed by atoms with van der Waals surface area (Å²) in [6.45, 7) is 2.20. The third-order valence-corrected chi connectivity index (χ3v) is 11.4. The summed E-state index contributed by atoms with van der Waals surface area (Å²) in [5, 5.41) is 6.85. The van der Waals surface area contributed by atoms with Crippen LogP contribution in [0.25, 0.3) is 82.6 Å². The van der Waals surface area contributed by atoms with Gasteiger partial charge in [-0.2, -0.15) is 0 Å². The maximum absolute atomic E-state index is 6.76. The van der Waals surface area contributed by atoms with E-state index in [1.165, 1.54) is 16.3 Å². The lowest BCUT2D eigenvalue weighted by Crippen LogP contribution is -2.11. The van der Waals surface area contributed by atoms with Crippen LogP contribution < -0.4 is 0 Å². The van der Waals surface area contributed by atoms with Gasteiger partial charge in [0.25, 0.3) is 0 Å². The van der Waals surface area contributed by atoms with E-state index in [2.05, 4.69) is 153 Å². The second-order valence-corrected chi connectivity index (χ2v) is 14.9. The van der Waals surface area contributed by atoms with Crippen molar-refractivity contribution in [3.05, 3.63) is 198 Å². The molecule has 0 spiro atoms. The second kappa shape index (κ2) is 13.5. The van der Waals surface area contributed by atoms with Gasteiger partial charge in [-0.15, -0.1) is 0 Å². The highest BCUT2D eigenvalue weighted by Crippen LogP contribution is 2.42. The molecule has 0 saturated carbocycles. The Balaban J connectivity index is 1.05. The molecule has 0 radical (unpaired) electrons. The predicted octanol–water partition coefficient (Wildman–Crippen LogP) is 14.4. The summed E-state index contributed by atoms with van der Waals surface area (Å²) in [6, 6.07) is 61.6. The van der Waals surface area contributed by atoms with Crippen molar-refractivity contribution >= 4 is 71.9 Å². The van der Waals surface area contributed by atoms with Crippen LogP contribution in [-0.2, 0) is 0 Å². The number of allylic oxidation sites excluding steroid dienone is 1. The fourth-order valence-electron chi connectivity index (χ4n) is 8.56. The topological polar surface area (TPSA) is 51.0 Å². The van der Waals surface area contributed by atoms with Crippen molar-refractivity contribution in [3.8, 4) is 22.3 Å². The molecule has 0 bridgehead atoms. The largest absolute Gasteiger partial charge is 0.456 e. The number of fused-ring (bicyclic) bond motifs is 7. The third kappa shape index (κ3) is 5.68. The Bertz CT molecular complexity index is 3300. The molecular weight excluding hydrogens is 697 g/mol. The number of hydrogen-bond acceptors (Lipinski definition) is 4. The maximum atomic E-state index is 6.76. The fourth-order valence-corrected chi connectivity index (χ4v) is 8.56. The zero-order valence-electron chi connectivity index (χ0n) is 31.4. The summed E-state index contributed by atoms with van der Waals surface area (Å²) < 4.78 is 13.1. The summed E-state index contributed by atoms with van der Waals surface area (Å²) in [5.74, 6) is 0.686. The first-order valence-corrected chi connectivity index (χ1v) is 19.5. The van der Waals surface area contributed by atoms with Crippen LogP contribution in [0.4, 0.5) is 0 Å². The van der Waals surface area contributed by atoms with Gasteiger partial charge < -0.3 is 8.83 Å². The number of furan rings is 2. The van der Waals surface area contributed by atoms with Gasteiger partial charge in [-0.05, 0) is 83.1 Å². The Morgan fingerprint density at radius 2 is 1.11 bits per heavy atom. The molecule has 4 heteroatoms. The number of rotatable bonds is 5. The number of para-hydroxylation sites is 2. The molecule has 1 aliphatic heterocycles. The molecule has 0 saturated heterocycles. The van der Waals surface area contributed by atoms with Gasteiger partial charge in [0.2, 0.25) is 0 Å². The number of benzene rings is 8. The van der Waals surface area contributed by atoms with Crippen molar-refractivity contribution in [2.45, 2.75) is 19.8 Å². The van der Waals surface area contributed by atoms with Gasteiger partial charge in [-0.1, -0.05) is 146 Å². The Labute approximate surface area is 329 Å². The van der Waals surface area contributed by atoms with E-state index >= 15 is 0 Å². The predicted molar refractivity (Wildman–Crippen MR) is 237 cm³/mol. The monoisotopic (exact) mass is 732 g/mol. The second-order valence-electron chi connectivity index (χ2n) is 14.9. The minimum Gasteiger partial charge on any atom is -0.456 e. The average Bonchev–Trinajstić information content (AvgIpc) is 3.84. The normalized spacial score (nSPS) is 16.8. The van der Waals surface area contributed by atoms with Crippen LogP contribution in [0.15, 0.2) is 200 Å². The molecule has 11 rings (SSSR count). The first kappa shape index (κ1) is 33.1. The Hall–Kier alpha value is -7.30. The van der Waals surface area contributed by atoms with Gasteiger partial charge in [0.1, 0.15) is 22.3 Å². The van der Waals surface area contributed by atoms with E-state index < -0.39 is 0 Å². The minimum absolute atomic E-state index is 0.686. The van der Waals surface area contributed by atoms with Gasteiger partial charge in [-0.3, -0.25) is 0 Å². The van der Waals surface area contributed by atoms with Crippen molar-refractivity contribution in [2.75, 3.05) is 0 Å². The highest BCUT2D eigenvalue weighted by Gasteiger charge is 2.22. The van der Waals surface area contributed by atoms with E-state index in [-0.39, 0.29) is 0 Å². The lowest BCUT2D eigenvalue weighted by Gasteiger charge is -2.18. The zero-order chi connectivity index (χ0) is 37.9. The SMILES string of the molecule is C\C1=C(c2ccc3c(c2)oc2ccccc23)/N=C(c2ccccc2)\N=C(\c2ccccc2-c2cccc3oc4c(-c5ccc6ccccc6c5)cccc4c23)CC1. The van der Waals surface area contributed by atoms with Crippen LogP contribution in [0, 0.1) is 0 Å².